The van der Waals surface area contributed by atoms with Gasteiger partial charge >= 0.3 is 11.9 Å². The molecule has 0 fully saturated rings. The van der Waals surface area contributed by atoms with E-state index in [4.69, 9.17) is 9.84 Å². The Balaban J connectivity index is 2.93. The molecule has 0 aliphatic carbocycles. The predicted octanol–water partition coefficient (Wildman–Crippen LogP) is 3.68. The summed E-state index contributed by atoms with van der Waals surface area (Å²) in [5.74, 6) is -1.65. The minimum absolute atomic E-state index is 0.00625. The summed E-state index contributed by atoms with van der Waals surface area (Å²) >= 11 is 0. The zero-order valence-electron chi connectivity index (χ0n) is 12.1. The Bertz CT molecular complexity index is 466. The van der Waals surface area contributed by atoms with Crippen molar-refractivity contribution in [2.24, 2.45) is 0 Å². The zero-order valence-corrected chi connectivity index (χ0v) is 12.1. The van der Waals surface area contributed by atoms with Crippen molar-refractivity contribution in [3.05, 3.63) is 34.9 Å². The van der Waals surface area contributed by atoms with Crippen LogP contribution in [0.25, 0.3) is 0 Å². The Hall–Kier alpha value is -1.84. The number of rotatable bonds is 8. The molecule has 1 rings (SSSR count). The van der Waals surface area contributed by atoms with Gasteiger partial charge in [-0.1, -0.05) is 32.8 Å². The van der Waals surface area contributed by atoms with Crippen LogP contribution in [-0.4, -0.2) is 23.7 Å². The van der Waals surface area contributed by atoms with E-state index in [9.17, 15) is 9.59 Å². The summed E-state index contributed by atoms with van der Waals surface area (Å²) in [5, 5.41) is 9.15. The van der Waals surface area contributed by atoms with Gasteiger partial charge in [0.15, 0.2) is 0 Å². The molecule has 0 bridgehead atoms. The molecule has 1 N–H and O–H groups in total. The number of hydrogen-bond acceptors (Lipinski definition) is 3. The van der Waals surface area contributed by atoms with Gasteiger partial charge in [-0.3, -0.25) is 0 Å². The lowest BCUT2D eigenvalue weighted by atomic mass is 10.0. The molecule has 1 aromatic rings. The Labute approximate surface area is 119 Å². The third kappa shape index (κ3) is 4.68. The molecule has 0 saturated heterocycles. The van der Waals surface area contributed by atoms with Crippen molar-refractivity contribution in [2.45, 2.75) is 46.0 Å². The molecule has 4 heteroatoms. The zero-order chi connectivity index (χ0) is 15.0. The second-order valence-electron chi connectivity index (χ2n) is 4.78. The number of carboxylic acid groups (broad SMARTS) is 1. The van der Waals surface area contributed by atoms with Gasteiger partial charge in [-0.2, -0.15) is 0 Å². The average Bonchev–Trinajstić information content (AvgIpc) is 2.44. The standard InChI is InChI=1S/C16H22O4/c1-3-5-7-12-8-9-13(15(17)18)14(11-12)16(19)20-10-6-4-2/h8-9,11H,3-7,10H2,1-2H3,(H,17,18). The maximum atomic E-state index is 12.0. The SMILES string of the molecule is CCCCOC(=O)c1cc(CCCC)ccc1C(=O)O. The van der Waals surface area contributed by atoms with E-state index >= 15 is 0 Å². The first kappa shape index (κ1) is 16.2. The highest BCUT2D eigenvalue weighted by Crippen LogP contribution is 2.16. The smallest absolute Gasteiger partial charge is 0.339 e. The van der Waals surface area contributed by atoms with Gasteiger partial charge in [-0.05, 0) is 37.0 Å². The molecule has 20 heavy (non-hydrogen) atoms. The molecule has 0 amide bonds. The lowest BCUT2D eigenvalue weighted by molar-refractivity contribution is 0.0489. The minimum Gasteiger partial charge on any atom is -0.478 e. The van der Waals surface area contributed by atoms with E-state index in [1.54, 1.807) is 12.1 Å². The highest BCUT2D eigenvalue weighted by molar-refractivity contribution is 6.02. The van der Waals surface area contributed by atoms with Crippen LogP contribution in [0.2, 0.25) is 0 Å². The van der Waals surface area contributed by atoms with Crippen LogP contribution in [0, 0.1) is 0 Å². The maximum absolute atomic E-state index is 12.0. The topological polar surface area (TPSA) is 63.6 Å². The van der Waals surface area contributed by atoms with E-state index in [1.807, 2.05) is 6.92 Å². The summed E-state index contributed by atoms with van der Waals surface area (Å²) in [6.07, 6.45) is 4.61. The first-order chi connectivity index (χ1) is 9.60. The van der Waals surface area contributed by atoms with Crippen LogP contribution in [0.3, 0.4) is 0 Å². The Kier molecular flexibility index (Phi) is 6.77. The summed E-state index contributed by atoms with van der Waals surface area (Å²) in [4.78, 5) is 23.2. The number of esters is 1. The summed E-state index contributed by atoms with van der Waals surface area (Å²) in [5.41, 5.74) is 1.13. The number of unbranched alkanes of at least 4 members (excludes halogenated alkanes) is 2. The van der Waals surface area contributed by atoms with E-state index in [-0.39, 0.29) is 11.1 Å². The number of ether oxygens (including phenoxy) is 1. The third-order valence-electron chi connectivity index (χ3n) is 3.08. The molecule has 0 heterocycles. The number of carbonyl (C=O) groups excluding carboxylic acids is 1. The number of carboxylic acids is 1. The Morgan fingerprint density at radius 2 is 1.80 bits per heavy atom. The van der Waals surface area contributed by atoms with Crippen LogP contribution in [0.1, 0.15) is 65.8 Å². The summed E-state index contributed by atoms with van der Waals surface area (Å²) < 4.78 is 5.12. The van der Waals surface area contributed by atoms with Crippen molar-refractivity contribution in [2.75, 3.05) is 6.61 Å². The van der Waals surface area contributed by atoms with Gasteiger partial charge in [0.2, 0.25) is 0 Å². The molecule has 110 valence electrons. The van der Waals surface area contributed by atoms with Gasteiger partial charge < -0.3 is 9.84 Å². The second kappa shape index (κ2) is 8.35. The molecular weight excluding hydrogens is 256 g/mol. The molecular formula is C16H22O4. The maximum Gasteiger partial charge on any atom is 0.339 e. The molecule has 0 aromatic heterocycles. The Morgan fingerprint density at radius 3 is 2.40 bits per heavy atom. The molecule has 0 radical (unpaired) electrons. The van der Waals surface area contributed by atoms with Crippen LogP contribution in [0.5, 0.6) is 0 Å². The van der Waals surface area contributed by atoms with Crippen molar-refractivity contribution in [3.63, 3.8) is 0 Å². The van der Waals surface area contributed by atoms with Gasteiger partial charge in [0.25, 0.3) is 0 Å². The molecule has 4 nitrogen and oxygen atoms in total. The van der Waals surface area contributed by atoms with Gasteiger partial charge in [0.1, 0.15) is 0 Å². The van der Waals surface area contributed by atoms with Crippen molar-refractivity contribution in [3.8, 4) is 0 Å². The van der Waals surface area contributed by atoms with Crippen molar-refractivity contribution < 1.29 is 19.4 Å². The summed E-state index contributed by atoms with van der Waals surface area (Å²) in [6.45, 7) is 4.42. The highest BCUT2D eigenvalue weighted by atomic mass is 16.5. The quantitative estimate of drug-likeness (QED) is 0.582. The summed E-state index contributed by atoms with van der Waals surface area (Å²) in [6, 6.07) is 4.90. The van der Waals surface area contributed by atoms with Crippen molar-refractivity contribution in [1.29, 1.82) is 0 Å². The number of benzene rings is 1. The molecule has 1 aromatic carbocycles. The predicted molar refractivity (Wildman–Crippen MR) is 77.2 cm³/mol. The lowest BCUT2D eigenvalue weighted by Crippen LogP contribution is -2.13. The fourth-order valence-corrected chi connectivity index (χ4v) is 1.87. The van der Waals surface area contributed by atoms with Gasteiger partial charge in [0.05, 0.1) is 17.7 Å². The normalized spacial score (nSPS) is 10.3. The lowest BCUT2D eigenvalue weighted by Gasteiger charge is -2.09. The average molecular weight is 278 g/mol. The van der Waals surface area contributed by atoms with Crippen molar-refractivity contribution >= 4 is 11.9 Å². The van der Waals surface area contributed by atoms with E-state index in [1.165, 1.54) is 6.07 Å². The van der Waals surface area contributed by atoms with Crippen LogP contribution >= 0.6 is 0 Å². The van der Waals surface area contributed by atoms with Crippen LogP contribution in [0.15, 0.2) is 18.2 Å². The van der Waals surface area contributed by atoms with Gasteiger partial charge in [-0.15, -0.1) is 0 Å². The number of hydrogen-bond donors (Lipinski definition) is 1. The van der Waals surface area contributed by atoms with Gasteiger partial charge in [-0.25, -0.2) is 9.59 Å². The monoisotopic (exact) mass is 278 g/mol. The summed E-state index contributed by atoms with van der Waals surface area (Å²) in [7, 11) is 0. The number of aromatic carboxylic acids is 1. The van der Waals surface area contributed by atoms with E-state index in [0.717, 1.165) is 37.7 Å². The van der Waals surface area contributed by atoms with E-state index in [0.29, 0.717) is 6.61 Å². The Morgan fingerprint density at radius 1 is 1.10 bits per heavy atom. The molecule has 0 aliphatic rings. The van der Waals surface area contributed by atoms with E-state index < -0.39 is 11.9 Å². The minimum atomic E-state index is -1.10. The third-order valence-corrected chi connectivity index (χ3v) is 3.08. The van der Waals surface area contributed by atoms with E-state index in [2.05, 4.69) is 6.92 Å². The highest BCUT2D eigenvalue weighted by Gasteiger charge is 2.18. The first-order valence-corrected chi connectivity index (χ1v) is 7.13. The van der Waals surface area contributed by atoms with Crippen molar-refractivity contribution in [1.82, 2.24) is 0 Å². The molecule has 0 unspecified atom stereocenters. The van der Waals surface area contributed by atoms with Crippen LogP contribution in [-0.2, 0) is 11.2 Å². The van der Waals surface area contributed by atoms with Crippen LogP contribution < -0.4 is 0 Å². The fourth-order valence-electron chi connectivity index (χ4n) is 1.87. The molecule has 0 aliphatic heterocycles. The fraction of sp³-hybridized carbons (Fsp3) is 0.500. The number of aryl methyl sites for hydroxylation is 1. The second-order valence-corrected chi connectivity index (χ2v) is 4.78. The molecule has 0 saturated carbocycles. The number of carbonyl (C=O) groups is 2. The molecule has 0 spiro atoms. The molecule has 0 atom stereocenters. The largest absolute Gasteiger partial charge is 0.478 e. The van der Waals surface area contributed by atoms with Gasteiger partial charge in [0, 0.05) is 0 Å². The first-order valence-electron chi connectivity index (χ1n) is 7.13. The van der Waals surface area contributed by atoms with Crippen LogP contribution in [0.4, 0.5) is 0 Å².